The predicted octanol–water partition coefficient (Wildman–Crippen LogP) is 2.57. The fourth-order valence-electron chi connectivity index (χ4n) is 2.38. The van der Waals surface area contributed by atoms with Crippen LogP contribution in [0.2, 0.25) is 0 Å². The Bertz CT molecular complexity index is 816. The summed E-state index contributed by atoms with van der Waals surface area (Å²) in [4.78, 5) is 26.1. The smallest absolute Gasteiger partial charge is 0.306 e. The Kier molecular flexibility index (Phi) is 3.10. The Morgan fingerprint density at radius 1 is 1.20 bits per heavy atom. The van der Waals surface area contributed by atoms with Gasteiger partial charge in [-0.2, -0.15) is 0 Å². The van der Waals surface area contributed by atoms with Crippen molar-refractivity contribution in [3.05, 3.63) is 46.3 Å². The van der Waals surface area contributed by atoms with Crippen molar-refractivity contribution in [1.82, 2.24) is 19.9 Å². The first kappa shape index (κ1) is 12.6. The van der Waals surface area contributed by atoms with Crippen molar-refractivity contribution in [2.24, 2.45) is 0 Å². The Morgan fingerprint density at radius 2 is 2.05 bits per heavy atom. The summed E-state index contributed by atoms with van der Waals surface area (Å²) >= 11 is 0. The van der Waals surface area contributed by atoms with E-state index in [1.54, 1.807) is 0 Å². The lowest BCUT2D eigenvalue weighted by Crippen LogP contribution is -2.00. The zero-order chi connectivity index (χ0) is 14.1. The number of fused-ring (bicyclic) bond motifs is 1. The third-order valence-corrected chi connectivity index (χ3v) is 3.20. The first-order chi connectivity index (χ1) is 9.67. The zero-order valence-electron chi connectivity index (χ0n) is 11.5. The largest absolute Gasteiger partial charge is 0.323 e. The van der Waals surface area contributed by atoms with Gasteiger partial charge in [-0.3, -0.25) is 0 Å². The maximum absolute atomic E-state index is 11.5. The number of hydrogen-bond donors (Lipinski definition) is 2. The Hall–Kier alpha value is -2.43. The second-order valence-electron chi connectivity index (χ2n) is 4.87. The summed E-state index contributed by atoms with van der Waals surface area (Å²) in [6.45, 7) is 4.07. The number of imidazole rings is 1. The first-order valence-electron chi connectivity index (χ1n) is 6.73. The van der Waals surface area contributed by atoms with Crippen LogP contribution < -0.4 is 5.69 Å². The Morgan fingerprint density at radius 3 is 2.85 bits per heavy atom. The molecular formula is C15H16N4O. The molecular weight excluding hydrogens is 252 g/mol. The summed E-state index contributed by atoms with van der Waals surface area (Å²) in [6.07, 6.45) is 1.86. The van der Waals surface area contributed by atoms with Gasteiger partial charge in [-0.05, 0) is 25.5 Å². The number of hydrogen-bond acceptors (Lipinski definition) is 3. The van der Waals surface area contributed by atoms with Gasteiger partial charge in [0.05, 0.1) is 16.7 Å². The molecule has 0 aliphatic carbocycles. The van der Waals surface area contributed by atoms with Crippen molar-refractivity contribution in [1.29, 1.82) is 0 Å². The molecule has 0 radical (unpaired) electrons. The van der Waals surface area contributed by atoms with Gasteiger partial charge >= 0.3 is 5.69 Å². The van der Waals surface area contributed by atoms with Gasteiger partial charge in [0.2, 0.25) is 0 Å². The standard InChI is InChI=1S/C15H16N4O/c1-3-5-13-16-9(2)8-12(17-13)10-6-4-7-11-14(10)19-15(20)18-11/h4,6-8H,3,5H2,1-2H3,(H2,18,19,20). The summed E-state index contributed by atoms with van der Waals surface area (Å²) in [5, 5.41) is 0. The van der Waals surface area contributed by atoms with E-state index in [4.69, 9.17) is 0 Å². The predicted molar refractivity (Wildman–Crippen MR) is 78.7 cm³/mol. The first-order valence-corrected chi connectivity index (χ1v) is 6.73. The second kappa shape index (κ2) is 4.92. The Balaban J connectivity index is 2.22. The lowest BCUT2D eigenvalue weighted by atomic mass is 10.1. The van der Waals surface area contributed by atoms with Crippen LogP contribution in [0.1, 0.15) is 24.9 Å². The van der Waals surface area contributed by atoms with Crippen LogP contribution in [0.15, 0.2) is 29.1 Å². The molecule has 102 valence electrons. The highest BCUT2D eigenvalue weighted by Gasteiger charge is 2.09. The molecule has 5 nitrogen and oxygen atoms in total. The van der Waals surface area contributed by atoms with Gasteiger partial charge in [-0.1, -0.05) is 19.1 Å². The number of rotatable bonds is 3. The molecule has 0 unspecified atom stereocenters. The lowest BCUT2D eigenvalue weighted by molar-refractivity contribution is 0.827. The molecule has 0 saturated carbocycles. The number of aryl methyl sites for hydroxylation is 2. The number of aromatic nitrogens is 4. The number of aromatic amines is 2. The van der Waals surface area contributed by atoms with Gasteiger partial charge in [0.25, 0.3) is 0 Å². The van der Waals surface area contributed by atoms with Crippen LogP contribution in [-0.4, -0.2) is 19.9 Å². The molecule has 0 spiro atoms. The summed E-state index contributed by atoms with van der Waals surface area (Å²) < 4.78 is 0. The molecule has 2 N–H and O–H groups in total. The van der Waals surface area contributed by atoms with E-state index in [1.807, 2.05) is 31.2 Å². The summed E-state index contributed by atoms with van der Waals surface area (Å²) in [5.41, 5.74) is 4.09. The van der Waals surface area contributed by atoms with Crippen LogP contribution in [0.3, 0.4) is 0 Å². The molecule has 0 amide bonds. The van der Waals surface area contributed by atoms with Crippen LogP contribution in [0.25, 0.3) is 22.3 Å². The molecule has 2 aromatic heterocycles. The maximum atomic E-state index is 11.5. The van der Waals surface area contributed by atoms with E-state index in [9.17, 15) is 4.79 Å². The third kappa shape index (κ3) is 2.22. The molecule has 20 heavy (non-hydrogen) atoms. The van der Waals surface area contributed by atoms with E-state index >= 15 is 0 Å². The number of H-pyrrole nitrogens is 2. The quantitative estimate of drug-likeness (QED) is 0.766. The van der Waals surface area contributed by atoms with Gasteiger partial charge in [0.1, 0.15) is 5.82 Å². The topological polar surface area (TPSA) is 74.4 Å². The van der Waals surface area contributed by atoms with Crippen molar-refractivity contribution in [3.63, 3.8) is 0 Å². The lowest BCUT2D eigenvalue weighted by Gasteiger charge is -2.06. The molecule has 2 heterocycles. The van der Waals surface area contributed by atoms with Crippen LogP contribution >= 0.6 is 0 Å². The summed E-state index contributed by atoms with van der Waals surface area (Å²) in [5.74, 6) is 0.845. The highest BCUT2D eigenvalue weighted by atomic mass is 16.1. The Labute approximate surface area is 116 Å². The minimum atomic E-state index is -0.202. The van der Waals surface area contributed by atoms with Crippen LogP contribution in [0.4, 0.5) is 0 Å². The second-order valence-corrected chi connectivity index (χ2v) is 4.87. The van der Waals surface area contributed by atoms with Crippen LogP contribution in [0, 0.1) is 6.92 Å². The zero-order valence-corrected chi connectivity index (χ0v) is 11.5. The molecule has 0 fully saturated rings. The fraction of sp³-hybridized carbons (Fsp3) is 0.267. The van der Waals surface area contributed by atoms with Crippen LogP contribution in [0.5, 0.6) is 0 Å². The molecule has 0 aliphatic rings. The minimum Gasteiger partial charge on any atom is -0.306 e. The molecule has 3 aromatic rings. The SMILES string of the molecule is CCCc1nc(C)cc(-c2cccc3[nH]c(=O)[nH]c23)n1. The number of para-hydroxylation sites is 1. The van der Waals surface area contributed by atoms with Gasteiger partial charge in [0.15, 0.2) is 0 Å². The summed E-state index contributed by atoms with van der Waals surface area (Å²) in [6, 6.07) is 7.69. The molecule has 3 rings (SSSR count). The molecule has 5 heteroatoms. The highest BCUT2D eigenvalue weighted by Crippen LogP contribution is 2.24. The van der Waals surface area contributed by atoms with Crippen molar-refractivity contribution in [2.45, 2.75) is 26.7 Å². The minimum absolute atomic E-state index is 0.202. The molecule has 1 aromatic carbocycles. The van der Waals surface area contributed by atoms with E-state index in [0.717, 1.165) is 46.7 Å². The average molecular weight is 268 g/mol. The van der Waals surface area contributed by atoms with E-state index in [-0.39, 0.29) is 5.69 Å². The van der Waals surface area contributed by atoms with Gasteiger partial charge in [-0.25, -0.2) is 14.8 Å². The third-order valence-electron chi connectivity index (χ3n) is 3.20. The van der Waals surface area contributed by atoms with Gasteiger partial charge in [-0.15, -0.1) is 0 Å². The van der Waals surface area contributed by atoms with E-state index in [2.05, 4.69) is 26.9 Å². The van der Waals surface area contributed by atoms with E-state index < -0.39 is 0 Å². The number of benzene rings is 1. The van der Waals surface area contributed by atoms with E-state index in [0.29, 0.717) is 0 Å². The number of nitrogens with one attached hydrogen (secondary N) is 2. The normalized spacial score (nSPS) is 11.1. The monoisotopic (exact) mass is 268 g/mol. The molecule has 0 bridgehead atoms. The van der Waals surface area contributed by atoms with Crippen molar-refractivity contribution in [2.75, 3.05) is 0 Å². The van der Waals surface area contributed by atoms with Gasteiger partial charge in [0, 0.05) is 17.7 Å². The van der Waals surface area contributed by atoms with Gasteiger partial charge < -0.3 is 9.97 Å². The van der Waals surface area contributed by atoms with Crippen molar-refractivity contribution in [3.8, 4) is 11.3 Å². The average Bonchev–Trinajstić information content (AvgIpc) is 2.78. The molecule has 0 aliphatic heterocycles. The maximum Gasteiger partial charge on any atom is 0.323 e. The molecule has 0 atom stereocenters. The summed E-state index contributed by atoms with van der Waals surface area (Å²) in [7, 11) is 0. The molecule has 0 saturated heterocycles. The van der Waals surface area contributed by atoms with Crippen molar-refractivity contribution < 1.29 is 0 Å². The highest BCUT2D eigenvalue weighted by molar-refractivity contribution is 5.90. The van der Waals surface area contributed by atoms with Crippen LogP contribution in [-0.2, 0) is 6.42 Å². The fourth-order valence-corrected chi connectivity index (χ4v) is 2.38. The van der Waals surface area contributed by atoms with Crippen molar-refractivity contribution >= 4 is 11.0 Å². The number of nitrogens with zero attached hydrogens (tertiary/aromatic N) is 2. The van der Waals surface area contributed by atoms with E-state index in [1.165, 1.54) is 0 Å².